The minimum atomic E-state index is -0.120. The van der Waals surface area contributed by atoms with E-state index in [-0.39, 0.29) is 17.9 Å². The zero-order valence-electron chi connectivity index (χ0n) is 18.2. The summed E-state index contributed by atoms with van der Waals surface area (Å²) in [4.78, 5) is 29.3. The lowest BCUT2D eigenvalue weighted by Crippen LogP contribution is -2.32. The standard InChI is InChI=1S/C27H23ClN2O2S/c1-30-23-16-19(26(31)29-22-11-5-8-18-7-2-3-10-21(18)22)12-13-24(23)33-25(27(30)32)15-17-6-4-9-20(28)14-17/h2-4,6-7,9-10,12-16,22H,5,8,11H2,1H3,(H,29,31)/b25-15-/t22-/m1/s1. The van der Waals surface area contributed by atoms with Gasteiger partial charge >= 0.3 is 0 Å². The minimum Gasteiger partial charge on any atom is -0.345 e. The lowest BCUT2D eigenvalue weighted by molar-refractivity contribution is -0.114. The van der Waals surface area contributed by atoms with Crippen LogP contribution in [0.3, 0.4) is 0 Å². The van der Waals surface area contributed by atoms with Gasteiger partial charge in [-0.05, 0) is 72.4 Å². The van der Waals surface area contributed by atoms with Crippen LogP contribution in [0, 0.1) is 0 Å². The third kappa shape index (κ3) is 4.43. The van der Waals surface area contributed by atoms with E-state index in [2.05, 4.69) is 17.4 Å². The van der Waals surface area contributed by atoms with Crippen LogP contribution in [0.4, 0.5) is 5.69 Å². The van der Waals surface area contributed by atoms with Crippen LogP contribution in [-0.4, -0.2) is 18.9 Å². The summed E-state index contributed by atoms with van der Waals surface area (Å²) in [5.41, 5.74) is 4.68. The van der Waals surface area contributed by atoms with Crippen molar-refractivity contribution in [3.8, 4) is 0 Å². The van der Waals surface area contributed by atoms with Gasteiger partial charge in [-0.15, -0.1) is 0 Å². The van der Waals surface area contributed by atoms with Crippen LogP contribution >= 0.6 is 23.4 Å². The number of nitrogens with zero attached hydrogens (tertiary/aromatic N) is 1. The maximum atomic E-state index is 13.1. The molecule has 4 nitrogen and oxygen atoms in total. The molecule has 2 aliphatic rings. The highest BCUT2D eigenvalue weighted by molar-refractivity contribution is 8.04. The predicted molar refractivity (Wildman–Crippen MR) is 135 cm³/mol. The molecule has 0 spiro atoms. The van der Waals surface area contributed by atoms with Crippen LogP contribution < -0.4 is 10.2 Å². The maximum Gasteiger partial charge on any atom is 0.264 e. The van der Waals surface area contributed by atoms with E-state index < -0.39 is 0 Å². The van der Waals surface area contributed by atoms with Crippen molar-refractivity contribution in [1.82, 2.24) is 5.32 Å². The average Bonchev–Trinajstić information content (AvgIpc) is 2.82. The Morgan fingerprint density at radius 2 is 1.97 bits per heavy atom. The number of thioether (sulfide) groups is 1. The highest BCUT2D eigenvalue weighted by Crippen LogP contribution is 2.42. The summed E-state index contributed by atoms with van der Waals surface area (Å²) in [7, 11) is 1.74. The molecule has 166 valence electrons. The fourth-order valence-electron chi connectivity index (χ4n) is 4.43. The predicted octanol–water partition coefficient (Wildman–Crippen LogP) is 6.26. The number of fused-ring (bicyclic) bond motifs is 2. The van der Waals surface area contributed by atoms with Gasteiger partial charge in [0.2, 0.25) is 0 Å². The smallest absolute Gasteiger partial charge is 0.264 e. The zero-order valence-corrected chi connectivity index (χ0v) is 19.7. The monoisotopic (exact) mass is 474 g/mol. The molecule has 0 aromatic heterocycles. The van der Waals surface area contributed by atoms with Crippen LogP contribution in [0.25, 0.3) is 6.08 Å². The molecule has 0 fully saturated rings. The Labute approximate surface area is 202 Å². The normalized spacial score (nSPS) is 18.6. The SMILES string of the molecule is CN1C(=O)/C(=C/c2cccc(Cl)c2)Sc2ccc(C(=O)N[C@@H]3CCCc4ccccc43)cc21. The van der Waals surface area contributed by atoms with E-state index in [1.54, 1.807) is 24.1 Å². The number of nitrogens with one attached hydrogen (secondary N) is 1. The molecule has 1 heterocycles. The van der Waals surface area contributed by atoms with E-state index in [0.717, 1.165) is 35.4 Å². The molecule has 0 bridgehead atoms. The molecule has 0 saturated heterocycles. The van der Waals surface area contributed by atoms with Gasteiger partial charge in [0.05, 0.1) is 16.6 Å². The molecule has 0 saturated carbocycles. The number of hydrogen-bond acceptors (Lipinski definition) is 3. The number of benzene rings is 3. The summed E-state index contributed by atoms with van der Waals surface area (Å²) in [6.07, 6.45) is 4.89. The number of amides is 2. The lowest BCUT2D eigenvalue weighted by Gasteiger charge is -2.28. The number of rotatable bonds is 3. The Bertz CT molecular complexity index is 1290. The Kier molecular flexibility index (Phi) is 6.00. The third-order valence-corrected chi connectivity index (χ3v) is 7.45. The summed E-state index contributed by atoms with van der Waals surface area (Å²) < 4.78 is 0. The van der Waals surface area contributed by atoms with Gasteiger partial charge in [-0.2, -0.15) is 0 Å². The molecule has 0 unspecified atom stereocenters. The van der Waals surface area contributed by atoms with Crippen molar-refractivity contribution < 1.29 is 9.59 Å². The molecule has 1 aliphatic heterocycles. The van der Waals surface area contributed by atoms with Gasteiger partial charge in [-0.25, -0.2) is 0 Å². The summed E-state index contributed by atoms with van der Waals surface area (Å²) in [6, 6.07) is 21.3. The molecule has 33 heavy (non-hydrogen) atoms. The average molecular weight is 475 g/mol. The maximum absolute atomic E-state index is 13.1. The lowest BCUT2D eigenvalue weighted by atomic mass is 9.87. The number of anilines is 1. The second-order valence-electron chi connectivity index (χ2n) is 8.33. The van der Waals surface area contributed by atoms with Crippen molar-refractivity contribution >= 4 is 46.9 Å². The molecule has 2 amide bonds. The topological polar surface area (TPSA) is 49.4 Å². The molecule has 5 rings (SSSR count). The summed E-state index contributed by atoms with van der Waals surface area (Å²) in [5.74, 6) is -0.225. The van der Waals surface area contributed by atoms with Crippen LogP contribution in [-0.2, 0) is 11.2 Å². The van der Waals surface area contributed by atoms with Crippen molar-refractivity contribution in [1.29, 1.82) is 0 Å². The summed E-state index contributed by atoms with van der Waals surface area (Å²) in [6.45, 7) is 0. The molecule has 1 aliphatic carbocycles. The van der Waals surface area contributed by atoms with Crippen molar-refractivity contribution in [3.05, 3.63) is 98.9 Å². The highest BCUT2D eigenvalue weighted by atomic mass is 35.5. The van der Waals surface area contributed by atoms with E-state index in [9.17, 15) is 9.59 Å². The van der Waals surface area contributed by atoms with Gasteiger partial charge in [0, 0.05) is 22.5 Å². The van der Waals surface area contributed by atoms with Crippen molar-refractivity contribution in [2.24, 2.45) is 0 Å². The molecule has 1 atom stereocenters. The van der Waals surface area contributed by atoms with Crippen LogP contribution in [0.2, 0.25) is 5.02 Å². The molecule has 1 N–H and O–H groups in total. The van der Waals surface area contributed by atoms with E-state index >= 15 is 0 Å². The largest absolute Gasteiger partial charge is 0.345 e. The van der Waals surface area contributed by atoms with E-state index in [0.29, 0.717) is 15.5 Å². The number of likely N-dealkylation sites (N-methyl/N-ethyl adjacent to an activating group) is 1. The van der Waals surface area contributed by atoms with Gasteiger partial charge in [-0.1, -0.05) is 59.8 Å². The second kappa shape index (κ2) is 9.08. The number of halogens is 1. The third-order valence-electron chi connectivity index (χ3n) is 6.14. The fourth-order valence-corrected chi connectivity index (χ4v) is 5.72. The first kappa shape index (κ1) is 21.8. The minimum absolute atomic E-state index is 0.0134. The molecule has 6 heteroatoms. The summed E-state index contributed by atoms with van der Waals surface area (Å²) >= 11 is 7.50. The highest BCUT2D eigenvalue weighted by Gasteiger charge is 2.28. The quantitative estimate of drug-likeness (QED) is 0.456. The van der Waals surface area contributed by atoms with Gasteiger partial charge in [0.25, 0.3) is 11.8 Å². The van der Waals surface area contributed by atoms with E-state index in [1.165, 1.54) is 22.9 Å². The van der Waals surface area contributed by atoms with Crippen molar-refractivity contribution in [3.63, 3.8) is 0 Å². The molecule has 0 radical (unpaired) electrons. The number of aryl methyl sites for hydroxylation is 1. The van der Waals surface area contributed by atoms with E-state index in [4.69, 9.17) is 11.6 Å². The number of carbonyl (C=O) groups excluding carboxylic acids is 2. The molecule has 3 aromatic rings. The first-order chi connectivity index (χ1) is 16.0. The Hall–Kier alpha value is -3.02. The van der Waals surface area contributed by atoms with Crippen LogP contribution in [0.5, 0.6) is 0 Å². The van der Waals surface area contributed by atoms with Gasteiger partial charge in [0.1, 0.15) is 0 Å². The Morgan fingerprint density at radius 3 is 2.82 bits per heavy atom. The first-order valence-electron chi connectivity index (χ1n) is 11.0. The first-order valence-corrected chi connectivity index (χ1v) is 12.1. The van der Waals surface area contributed by atoms with Gasteiger partial charge < -0.3 is 10.2 Å². The van der Waals surface area contributed by atoms with Gasteiger partial charge in [0.15, 0.2) is 0 Å². The molecular formula is C27H23ClN2O2S. The van der Waals surface area contributed by atoms with Crippen molar-refractivity contribution in [2.75, 3.05) is 11.9 Å². The Balaban J connectivity index is 1.38. The van der Waals surface area contributed by atoms with Crippen molar-refractivity contribution in [2.45, 2.75) is 30.2 Å². The van der Waals surface area contributed by atoms with Crippen LogP contribution in [0.1, 0.15) is 45.9 Å². The molecule has 3 aromatic carbocycles. The zero-order chi connectivity index (χ0) is 22.9. The summed E-state index contributed by atoms with van der Waals surface area (Å²) in [5, 5.41) is 3.83. The fraction of sp³-hybridized carbons (Fsp3) is 0.185. The van der Waals surface area contributed by atoms with Gasteiger partial charge in [-0.3, -0.25) is 9.59 Å². The number of carbonyl (C=O) groups is 2. The number of hydrogen-bond donors (Lipinski definition) is 1. The Morgan fingerprint density at radius 1 is 1.12 bits per heavy atom. The van der Waals surface area contributed by atoms with Crippen LogP contribution in [0.15, 0.2) is 76.5 Å². The second-order valence-corrected chi connectivity index (χ2v) is 9.85. The van der Waals surface area contributed by atoms with E-state index in [1.807, 2.05) is 48.5 Å². The molecular weight excluding hydrogens is 452 g/mol.